The van der Waals surface area contributed by atoms with Crippen LogP contribution in [0.15, 0.2) is 18.2 Å². The third-order valence-corrected chi connectivity index (χ3v) is 3.83. The largest absolute Gasteiger partial charge is 0.481 e. The molecule has 0 aliphatic heterocycles. The van der Waals surface area contributed by atoms with Gasteiger partial charge in [0.15, 0.2) is 6.10 Å². The van der Waals surface area contributed by atoms with Crippen molar-refractivity contribution in [2.45, 2.75) is 65.0 Å². The fourth-order valence-electron chi connectivity index (χ4n) is 2.82. The van der Waals surface area contributed by atoms with E-state index < -0.39 is 6.10 Å². The molecule has 1 saturated carbocycles. The van der Waals surface area contributed by atoms with Gasteiger partial charge < -0.3 is 10.1 Å². The molecule has 1 amide bonds. The molecule has 110 valence electrons. The third kappa shape index (κ3) is 4.26. The summed E-state index contributed by atoms with van der Waals surface area (Å²) in [6.45, 7) is 5.88. The summed E-state index contributed by atoms with van der Waals surface area (Å²) in [5, 5.41) is 3.10. The Morgan fingerprint density at radius 1 is 1.15 bits per heavy atom. The quantitative estimate of drug-likeness (QED) is 0.913. The van der Waals surface area contributed by atoms with E-state index in [0.717, 1.165) is 29.7 Å². The Balaban J connectivity index is 1.89. The maximum Gasteiger partial charge on any atom is 0.260 e. The minimum Gasteiger partial charge on any atom is -0.481 e. The van der Waals surface area contributed by atoms with E-state index in [2.05, 4.69) is 11.4 Å². The summed E-state index contributed by atoms with van der Waals surface area (Å²) in [5.41, 5.74) is 2.31. The van der Waals surface area contributed by atoms with Gasteiger partial charge in [-0.15, -0.1) is 0 Å². The van der Waals surface area contributed by atoms with Crippen LogP contribution in [0.25, 0.3) is 0 Å². The van der Waals surface area contributed by atoms with Crippen molar-refractivity contribution in [3.63, 3.8) is 0 Å². The maximum atomic E-state index is 12.1. The molecule has 0 spiro atoms. The Bertz CT molecular complexity index is 444. The van der Waals surface area contributed by atoms with Gasteiger partial charge in [-0.05, 0) is 56.9 Å². The summed E-state index contributed by atoms with van der Waals surface area (Å²) >= 11 is 0. The highest BCUT2D eigenvalue weighted by molar-refractivity contribution is 5.81. The van der Waals surface area contributed by atoms with Gasteiger partial charge in [0.05, 0.1) is 0 Å². The monoisotopic (exact) mass is 275 g/mol. The predicted octanol–water partition coefficient (Wildman–Crippen LogP) is 3.52. The number of benzene rings is 1. The molecule has 1 N–H and O–H groups in total. The van der Waals surface area contributed by atoms with E-state index in [-0.39, 0.29) is 5.91 Å². The normalized spacial score (nSPS) is 17.6. The average Bonchev–Trinajstić information content (AvgIpc) is 2.38. The summed E-state index contributed by atoms with van der Waals surface area (Å²) in [6, 6.07) is 6.37. The molecule has 0 unspecified atom stereocenters. The van der Waals surface area contributed by atoms with Gasteiger partial charge in [-0.2, -0.15) is 0 Å². The van der Waals surface area contributed by atoms with Gasteiger partial charge >= 0.3 is 0 Å². The number of aryl methyl sites for hydroxylation is 2. The average molecular weight is 275 g/mol. The van der Waals surface area contributed by atoms with Crippen molar-refractivity contribution in [1.29, 1.82) is 0 Å². The molecule has 3 nitrogen and oxygen atoms in total. The predicted molar refractivity (Wildman–Crippen MR) is 81.0 cm³/mol. The van der Waals surface area contributed by atoms with Gasteiger partial charge in [-0.1, -0.05) is 25.3 Å². The number of carbonyl (C=O) groups is 1. The van der Waals surface area contributed by atoms with Crippen LogP contribution in [-0.4, -0.2) is 18.1 Å². The zero-order valence-corrected chi connectivity index (χ0v) is 12.7. The number of carbonyl (C=O) groups excluding carboxylic acids is 1. The van der Waals surface area contributed by atoms with Crippen LogP contribution in [0.2, 0.25) is 0 Å². The molecule has 0 bridgehead atoms. The molecule has 1 fully saturated rings. The van der Waals surface area contributed by atoms with Crippen LogP contribution in [-0.2, 0) is 4.79 Å². The van der Waals surface area contributed by atoms with Crippen molar-refractivity contribution in [1.82, 2.24) is 5.32 Å². The minimum absolute atomic E-state index is 0.00365. The highest BCUT2D eigenvalue weighted by Crippen LogP contribution is 2.19. The summed E-state index contributed by atoms with van der Waals surface area (Å²) in [5.74, 6) is 0.768. The Hall–Kier alpha value is -1.51. The van der Waals surface area contributed by atoms with Crippen LogP contribution in [0.4, 0.5) is 0 Å². The van der Waals surface area contributed by atoms with Gasteiger partial charge in [0.1, 0.15) is 5.75 Å². The van der Waals surface area contributed by atoms with E-state index in [4.69, 9.17) is 4.74 Å². The Morgan fingerprint density at radius 2 is 1.75 bits per heavy atom. The summed E-state index contributed by atoms with van der Waals surface area (Å²) in [7, 11) is 0. The molecule has 0 radical (unpaired) electrons. The van der Waals surface area contributed by atoms with Gasteiger partial charge in [-0.3, -0.25) is 4.79 Å². The molecule has 3 heteroatoms. The van der Waals surface area contributed by atoms with Crippen molar-refractivity contribution >= 4 is 5.91 Å². The summed E-state index contributed by atoms with van der Waals surface area (Å²) in [4.78, 5) is 12.1. The van der Waals surface area contributed by atoms with Crippen molar-refractivity contribution in [3.05, 3.63) is 29.3 Å². The SMILES string of the molecule is Cc1cc(C)cc(O[C@H](C)C(=O)NC2CCCCC2)c1. The molecular formula is C17H25NO2. The van der Waals surface area contributed by atoms with E-state index in [1.807, 2.05) is 32.9 Å². The summed E-state index contributed by atoms with van der Waals surface area (Å²) < 4.78 is 5.77. The molecule has 0 saturated heterocycles. The van der Waals surface area contributed by atoms with Crippen LogP contribution in [0.1, 0.15) is 50.2 Å². The third-order valence-electron chi connectivity index (χ3n) is 3.83. The molecule has 1 aliphatic rings. The Kier molecular flexibility index (Phi) is 5.05. The molecule has 1 aromatic carbocycles. The second-order valence-electron chi connectivity index (χ2n) is 5.93. The number of rotatable bonds is 4. The molecule has 0 heterocycles. The zero-order valence-electron chi connectivity index (χ0n) is 12.7. The first-order valence-electron chi connectivity index (χ1n) is 7.60. The van der Waals surface area contributed by atoms with E-state index >= 15 is 0 Å². The standard InChI is InChI=1S/C17H25NO2/c1-12-9-13(2)11-16(10-12)20-14(3)17(19)18-15-7-5-4-6-8-15/h9-11,14-15H,4-8H2,1-3H3,(H,18,19)/t14-/m1/s1. The van der Waals surface area contributed by atoms with Gasteiger partial charge in [0.2, 0.25) is 0 Å². The number of ether oxygens (including phenoxy) is 1. The first kappa shape index (κ1) is 14.9. The van der Waals surface area contributed by atoms with Crippen LogP contribution >= 0.6 is 0 Å². The van der Waals surface area contributed by atoms with E-state index in [1.165, 1.54) is 19.3 Å². The lowest BCUT2D eigenvalue weighted by Crippen LogP contribution is -2.43. The van der Waals surface area contributed by atoms with E-state index in [9.17, 15) is 4.79 Å². The number of amides is 1. The molecule has 1 atom stereocenters. The van der Waals surface area contributed by atoms with E-state index in [0.29, 0.717) is 6.04 Å². The summed E-state index contributed by atoms with van der Waals surface area (Å²) in [6.07, 6.45) is 5.48. The zero-order chi connectivity index (χ0) is 14.5. The Labute approximate surface area is 121 Å². The molecule has 20 heavy (non-hydrogen) atoms. The molecule has 1 aromatic rings. The van der Waals surface area contributed by atoms with Crippen molar-refractivity contribution in [2.75, 3.05) is 0 Å². The fourth-order valence-corrected chi connectivity index (χ4v) is 2.82. The smallest absolute Gasteiger partial charge is 0.260 e. The lowest BCUT2D eigenvalue weighted by molar-refractivity contribution is -0.128. The first-order chi connectivity index (χ1) is 9.54. The van der Waals surface area contributed by atoms with Gasteiger partial charge in [0, 0.05) is 6.04 Å². The number of nitrogens with one attached hydrogen (secondary N) is 1. The van der Waals surface area contributed by atoms with Crippen molar-refractivity contribution < 1.29 is 9.53 Å². The Morgan fingerprint density at radius 3 is 2.35 bits per heavy atom. The highest BCUT2D eigenvalue weighted by atomic mass is 16.5. The molecular weight excluding hydrogens is 250 g/mol. The van der Waals surface area contributed by atoms with Crippen LogP contribution in [0.3, 0.4) is 0 Å². The molecule has 0 aromatic heterocycles. The van der Waals surface area contributed by atoms with Crippen molar-refractivity contribution in [3.8, 4) is 5.75 Å². The lowest BCUT2D eigenvalue weighted by atomic mass is 9.95. The minimum atomic E-state index is -0.446. The van der Waals surface area contributed by atoms with Crippen LogP contribution in [0, 0.1) is 13.8 Å². The highest BCUT2D eigenvalue weighted by Gasteiger charge is 2.20. The second kappa shape index (κ2) is 6.78. The molecule has 1 aliphatic carbocycles. The van der Waals surface area contributed by atoms with Gasteiger partial charge in [0.25, 0.3) is 5.91 Å². The van der Waals surface area contributed by atoms with E-state index in [1.54, 1.807) is 0 Å². The fraction of sp³-hybridized carbons (Fsp3) is 0.588. The van der Waals surface area contributed by atoms with Crippen LogP contribution in [0.5, 0.6) is 5.75 Å². The van der Waals surface area contributed by atoms with Gasteiger partial charge in [-0.25, -0.2) is 0 Å². The molecule has 2 rings (SSSR count). The maximum absolute atomic E-state index is 12.1. The lowest BCUT2D eigenvalue weighted by Gasteiger charge is -2.24. The first-order valence-corrected chi connectivity index (χ1v) is 7.60. The van der Waals surface area contributed by atoms with Crippen molar-refractivity contribution in [2.24, 2.45) is 0 Å². The number of hydrogen-bond acceptors (Lipinski definition) is 2. The van der Waals surface area contributed by atoms with Crippen LogP contribution < -0.4 is 10.1 Å². The second-order valence-corrected chi connectivity index (χ2v) is 5.93. The number of hydrogen-bond donors (Lipinski definition) is 1. The topological polar surface area (TPSA) is 38.3 Å².